The number of hydrogen-bond acceptors (Lipinski definition) is 3. The Morgan fingerprint density at radius 1 is 1.47 bits per heavy atom. The zero-order valence-electron chi connectivity index (χ0n) is 10.9. The first-order valence-electron chi connectivity index (χ1n) is 6.80. The van der Waals surface area contributed by atoms with Crippen molar-refractivity contribution in [2.75, 3.05) is 26.2 Å². The number of nitrogens with one attached hydrogen (secondary N) is 1. The molecule has 4 heteroatoms. The number of piperidine rings is 1. The van der Waals surface area contributed by atoms with Gasteiger partial charge < -0.3 is 15.0 Å². The van der Waals surface area contributed by atoms with E-state index in [0.717, 1.165) is 32.7 Å². The molecule has 3 unspecified atom stereocenters. The molecule has 0 aliphatic carbocycles. The van der Waals surface area contributed by atoms with Crippen molar-refractivity contribution in [3.63, 3.8) is 0 Å². The minimum atomic E-state index is 0.0701. The summed E-state index contributed by atoms with van der Waals surface area (Å²) in [5.74, 6) is 0.885. The highest BCUT2D eigenvalue weighted by Gasteiger charge is 2.30. The maximum absolute atomic E-state index is 12.2. The van der Waals surface area contributed by atoms with E-state index in [1.807, 2.05) is 4.90 Å². The molecule has 4 nitrogen and oxygen atoms in total. The third-order valence-electron chi connectivity index (χ3n) is 4.10. The highest BCUT2D eigenvalue weighted by Crippen LogP contribution is 2.23. The van der Waals surface area contributed by atoms with Crippen molar-refractivity contribution in [2.24, 2.45) is 5.92 Å². The van der Waals surface area contributed by atoms with Crippen LogP contribution in [0.5, 0.6) is 0 Å². The molecule has 17 heavy (non-hydrogen) atoms. The van der Waals surface area contributed by atoms with Crippen molar-refractivity contribution in [3.8, 4) is 0 Å². The summed E-state index contributed by atoms with van der Waals surface area (Å²) in [7, 11) is 0. The Bertz CT molecular complexity index is 264. The number of nitrogens with zero attached hydrogens (tertiary/aromatic N) is 1. The van der Waals surface area contributed by atoms with Gasteiger partial charge in [-0.3, -0.25) is 4.79 Å². The van der Waals surface area contributed by atoms with Gasteiger partial charge in [-0.25, -0.2) is 0 Å². The molecule has 98 valence electrons. The Hall–Kier alpha value is -0.610. The number of carbonyl (C=O) groups excluding carboxylic acids is 1. The lowest BCUT2D eigenvalue weighted by Crippen LogP contribution is -2.48. The average molecular weight is 240 g/mol. The van der Waals surface area contributed by atoms with E-state index in [4.69, 9.17) is 4.74 Å². The Balaban J connectivity index is 1.85. The summed E-state index contributed by atoms with van der Waals surface area (Å²) >= 11 is 0. The third-order valence-corrected chi connectivity index (χ3v) is 4.10. The number of amides is 1. The fourth-order valence-corrected chi connectivity index (χ4v) is 2.75. The topological polar surface area (TPSA) is 41.6 Å². The second-order valence-electron chi connectivity index (χ2n) is 5.35. The standard InChI is InChI=1S/C13H24N2O2/c1-10-4-3-6-15(11(10)2)13(16)8-12-9-14-5-7-17-12/h10-12,14H,3-9H2,1-2H3. The first-order chi connectivity index (χ1) is 8.18. The largest absolute Gasteiger partial charge is 0.375 e. The van der Waals surface area contributed by atoms with E-state index in [9.17, 15) is 4.79 Å². The molecule has 0 saturated carbocycles. The predicted molar refractivity (Wildman–Crippen MR) is 66.8 cm³/mol. The number of rotatable bonds is 2. The SMILES string of the molecule is CC1CCCN(C(=O)CC2CNCCO2)C1C. The molecule has 0 aromatic carbocycles. The van der Waals surface area contributed by atoms with Gasteiger partial charge in [0.25, 0.3) is 0 Å². The molecule has 2 aliphatic heterocycles. The molecule has 2 rings (SSSR count). The number of morpholine rings is 1. The van der Waals surface area contributed by atoms with Crippen LogP contribution in [0, 0.1) is 5.92 Å². The van der Waals surface area contributed by atoms with Crippen LogP contribution in [-0.2, 0) is 9.53 Å². The van der Waals surface area contributed by atoms with Crippen LogP contribution in [0.3, 0.4) is 0 Å². The third kappa shape index (κ3) is 3.19. The van der Waals surface area contributed by atoms with Crippen LogP contribution in [-0.4, -0.2) is 49.2 Å². The normalized spacial score (nSPS) is 34.7. The monoisotopic (exact) mass is 240 g/mol. The van der Waals surface area contributed by atoms with Gasteiger partial charge in [-0.05, 0) is 25.7 Å². The smallest absolute Gasteiger partial charge is 0.225 e. The summed E-state index contributed by atoms with van der Waals surface area (Å²) < 4.78 is 5.59. The molecule has 1 amide bonds. The van der Waals surface area contributed by atoms with E-state index in [2.05, 4.69) is 19.2 Å². The fourth-order valence-electron chi connectivity index (χ4n) is 2.75. The van der Waals surface area contributed by atoms with Crippen LogP contribution in [0.25, 0.3) is 0 Å². The van der Waals surface area contributed by atoms with Crippen molar-refractivity contribution in [1.29, 1.82) is 0 Å². The molecule has 1 N–H and O–H groups in total. The Labute approximate surface area is 104 Å². The summed E-state index contributed by atoms with van der Waals surface area (Å²) in [4.78, 5) is 14.3. The van der Waals surface area contributed by atoms with Crippen LogP contribution in [0.2, 0.25) is 0 Å². The van der Waals surface area contributed by atoms with Gasteiger partial charge in [0.1, 0.15) is 0 Å². The fraction of sp³-hybridized carbons (Fsp3) is 0.923. The van der Waals surface area contributed by atoms with Gasteiger partial charge in [-0.2, -0.15) is 0 Å². The zero-order valence-corrected chi connectivity index (χ0v) is 10.9. The van der Waals surface area contributed by atoms with E-state index < -0.39 is 0 Å². The van der Waals surface area contributed by atoms with Crippen LogP contribution in [0.4, 0.5) is 0 Å². The van der Waals surface area contributed by atoms with Crippen LogP contribution >= 0.6 is 0 Å². The summed E-state index contributed by atoms with van der Waals surface area (Å²) in [6.45, 7) is 7.77. The number of carbonyl (C=O) groups is 1. The molecule has 0 aromatic rings. The number of ether oxygens (including phenoxy) is 1. The van der Waals surface area contributed by atoms with E-state index in [0.29, 0.717) is 18.4 Å². The summed E-state index contributed by atoms with van der Waals surface area (Å²) in [6.07, 6.45) is 2.98. The summed E-state index contributed by atoms with van der Waals surface area (Å²) in [5, 5.41) is 3.27. The first-order valence-corrected chi connectivity index (χ1v) is 6.80. The second kappa shape index (κ2) is 5.83. The van der Waals surface area contributed by atoms with Gasteiger partial charge in [0.15, 0.2) is 0 Å². The van der Waals surface area contributed by atoms with Crippen molar-refractivity contribution >= 4 is 5.91 Å². The molecule has 2 saturated heterocycles. The Morgan fingerprint density at radius 2 is 2.29 bits per heavy atom. The maximum atomic E-state index is 12.2. The van der Waals surface area contributed by atoms with Crippen molar-refractivity contribution in [2.45, 2.75) is 45.3 Å². The number of hydrogen-bond donors (Lipinski definition) is 1. The van der Waals surface area contributed by atoms with E-state index in [1.54, 1.807) is 0 Å². The number of likely N-dealkylation sites (tertiary alicyclic amines) is 1. The lowest BCUT2D eigenvalue weighted by molar-refractivity contribution is -0.139. The van der Waals surface area contributed by atoms with Gasteiger partial charge in [-0.15, -0.1) is 0 Å². The molecule has 0 spiro atoms. The quantitative estimate of drug-likeness (QED) is 0.783. The highest BCUT2D eigenvalue weighted by molar-refractivity contribution is 5.77. The Morgan fingerprint density at radius 3 is 3.00 bits per heavy atom. The van der Waals surface area contributed by atoms with E-state index >= 15 is 0 Å². The van der Waals surface area contributed by atoms with Crippen molar-refractivity contribution < 1.29 is 9.53 Å². The molecular formula is C13H24N2O2. The van der Waals surface area contributed by atoms with Gasteiger partial charge in [0, 0.05) is 25.7 Å². The molecule has 0 bridgehead atoms. The molecule has 2 heterocycles. The minimum absolute atomic E-state index is 0.0701. The van der Waals surface area contributed by atoms with Crippen molar-refractivity contribution in [1.82, 2.24) is 10.2 Å². The van der Waals surface area contributed by atoms with Crippen LogP contribution in [0.15, 0.2) is 0 Å². The highest BCUT2D eigenvalue weighted by atomic mass is 16.5. The molecule has 2 fully saturated rings. The zero-order chi connectivity index (χ0) is 12.3. The van der Waals surface area contributed by atoms with E-state index in [1.165, 1.54) is 6.42 Å². The van der Waals surface area contributed by atoms with Gasteiger partial charge >= 0.3 is 0 Å². The van der Waals surface area contributed by atoms with Crippen molar-refractivity contribution in [3.05, 3.63) is 0 Å². The minimum Gasteiger partial charge on any atom is -0.375 e. The predicted octanol–water partition coefficient (Wildman–Crippen LogP) is 1.01. The lowest BCUT2D eigenvalue weighted by Gasteiger charge is -2.38. The van der Waals surface area contributed by atoms with Gasteiger partial charge in [0.2, 0.25) is 5.91 Å². The molecule has 0 radical (unpaired) electrons. The molecule has 3 atom stereocenters. The Kier molecular flexibility index (Phi) is 4.40. The summed E-state index contributed by atoms with van der Waals surface area (Å²) in [6, 6.07) is 0.382. The van der Waals surface area contributed by atoms with E-state index in [-0.39, 0.29) is 12.0 Å². The maximum Gasteiger partial charge on any atom is 0.225 e. The average Bonchev–Trinajstić information content (AvgIpc) is 2.34. The summed E-state index contributed by atoms with van der Waals surface area (Å²) in [5.41, 5.74) is 0. The first kappa shape index (κ1) is 12.8. The van der Waals surface area contributed by atoms with Crippen LogP contribution < -0.4 is 5.32 Å². The van der Waals surface area contributed by atoms with Crippen LogP contribution in [0.1, 0.15) is 33.1 Å². The molecule has 2 aliphatic rings. The van der Waals surface area contributed by atoms with Gasteiger partial charge in [0.05, 0.1) is 19.1 Å². The molecule has 0 aromatic heterocycles. The lowest BCUT2D eigenvalue weighted by atomic mass is 9.91. The van der Waals surface area contributed by atoms with Gasteiger partial charge in [-0.1, -0.05) is 6.92 Å². The molecular weight excluding hydrogens is 216 g/mol. The second-order valence-corrected chi connectivity index (χ2v) is 5.35.